The van der Waals surface area contributed by atoms with Gasteiger partial charge in [-0.25, -0.2) is 4.98 Å². The molecule has 0 radical (unpaired) electrons. The molecule has 2 heterocycles. The Labute approximate surface area is 135 Å². The molecule has 2 unspecified atom stereocenters. The minimum absolute atomic E-state index is 0.201. The molecule has 23 heavy (non-hydrogen) atoms. The van der Waals surface area contributed by atoms with Crippen LogP contribution < -0.4 is 0 Å². The lowest BCUT2D eigenvalue weighted by Gasteiger charge is -2.40. The standard InChI is InChI=1S/C18H22N2O3/c1-12-8-15(18(21)22)9-13(2)20(12)11-17-19-10-16(23-17)14-6-4-3-5-7-14/h3-7,10,12-13,15H,8-9,11H2,1-2H3,(H,21,22). The predicted molar refractivity (Wildman–Crippen MR) is 86.8 cm³/mol. The van der Waals surface area contributed by atoms with Gasteiger partial charge in [0, 0.05) is 17.6 Å². The molecule has 3 rings (SSSR count). The lowest BCUT2D eigenvalue weighted by molar-refractivity contribution is -0.145. The number of oxazole rings is 1. The second kappa shape index (κ2) is 6.54. The van der Waals surface area contributed by atoms with Gasteiger partial charge in [-0.2, -0.15) is 0 Å². The van der Waals surface area contributed by atoms with Crippen LogP contribution in [0.25, 0.3) is 11.3 Å². The Bertz CT molecular complexity index is 656. The van der Waals surface area contributed by atoms with Crippen molar-refractivity contribution in [2.75, 3.05) is 0 Å². The Morgan fingerprint density at radius 1 is 1.26 bits per heavy atom. The Balaban J connectivity index is 1.70. The molecule has 5 heteroatoms. The molecule has 2 atom stereocenters. The zero-order chi connectivity index (χ0) is 16.4. The number of likely N-dealkylation sites (tertiary alicyclic amines) is 1. The minimum Gasteiger partial charge on any atom is -0.481 e. The molecule has 5 nitrogen and oxygen atoms in total. The second-order valence-corrected chi connectivity index (χ2v) is 6.36. The zero-order valence-electron chi connectivity index (χ0n) is 13.5. The van der Waals surface area contributed by atoms with Crippen LogP contribution in [0.2, 0.25) is 0 Å². The van der Waals surface area contributed by atoms with Crippen LogP contribution in [-0.2, 0) is 11.3 Å². The number of piperidine rings is 1. The fourth-order valence-electron chi connectivity index (χ4n) is 3.41. The van der Waals surface area contributed by atoms with E-state index >= 15 is 0 Å². The van der Waals surface area contributed by atoms with Gasteiger partial charge in [0.15, 0.2) is 5.76 Å². The lowest BCUT2D eigenvalue weighted by atomic mass is 9.87. The Morgan fingerprint density at radius 3 is 2.52 bits per heavy atom. The van der Waals surface area contributed by atoms with Crippen molar-refractivity contribution >= 4 is 5.97 Å². The van der Waals surface area contributed by atoms with Crippen molar-refractivity contribution in [1.82, 2.24) is 9.88 Å². The van der Waals surface area contributed by atoms with Crippen LogP contribution in [0.15, 0.2) is 40.9 Å². The summed E-state index contributed by atoms with van der Waals surface area (Å²) in [5.41, 5.74) is 1.01. The van der Waals surface area contributed by atoms with Gasteiger partial charge in [0.1, 0.15) is 0 Å². The first-order valence-corrected chi connectivity index (χ1v) is 8.03. The van der Waals surface area contributed by atoms with Crippen LogP contribution in [0.5, 0.6) is 0 Å². The fraction of sp³-hybridized carbons (Fsp3) is 0.444. The van der Waals surface area contributed by atoms with E-state index in [0.717, 1.165) is 11.3 Å². The van der Waals surface area contributed by atoms with Gasteiger partial charge in [-0.05, 0) is 26.7 Å². The topological polar surface area (TPSA) is 66.6 Å². The summed E-state index contributed by atoms with van der Waals surface area (Å²) in [7, 11) is 0. The normalized spacial score (nSPS) is 25.4. The van der Waals surface area contributed by atoms with Crippen molar-refractivity contribution in [3.8, 4) is 11.3 Å². The first-order valence-electron chi connectivity index (χ1n) is 8.03. The highest BCUT2D eigenvalue weighted by Gasteiger charge is 2.34. The Kier molecular flexibility index (Phi) is 4.48. The van der Waals surface area contributed by atoms with Crippen LogP contribution in [0, 0.1) is 5.92 Å². The van der Waals surface area contributed by atoms with Gasteiger partial charge in [0.05, 0.1) is 18.7 Å². The van der Waals surface area contributed by atoms with E-state index in [0.29, 0.717) is 25.3 Å². The quantitative estimate of drug-likeness (QED) is 0.936. The first kappa shape index (κ1) is 15.7. The summed E-state index contributed by atoms with van der Waals surface area (Å²) in [6, 6.07) is 10.3. The van der Waals surface area contributed by atoms with Gasteiger partial charge < -0.3 is 9.52 Å². The van der Waals surface area contributed by atoms with E-state index < -0.39 is 5.97 Å². The first-order chi connectivity index (χ1) is 11.0. The highest BCUT2D eigenvalue weighted by molar-refractivity contribution is 5.70. The molecule has 0 amide bonds. The third-order valence-electron chi connectivity index (χ3n) is 4.66. The Hall–Kier alpha value is -2.14. The van der Waals surface area contributed by atoms with E-state index in [4.69, 9.17) is 4.42 Å². The van der Waals surface area contributed by atoms with E-state index in [1.54, 1.807) is 6.20 Å². The molecule has 1 saturated heterocycles. The maximum Gasteiger partial charge on any atom is 0.306 e. The van der Waals surface area contributed by atoms with Gasteiger partial charge in [-0.15, -0.1) is 0 Å². The number of carbonyl (C=O) groups is 1. The number of hydrogen-bond acceptors (Lipinski definition) is 4. The van der Waals surface area contributed by atoms with Crippen molar-refractivity contribution in [3.05, 3.63) is 42.4 Å². The molecule has 0 spiro atoms. The van der Waals surface area contributed by atoms with Crippen molar-refractivity contribution in [2.24, 2.45) is 5.92 Å². The van der Waals surface area contributed by atoms with Crippen molar-refractivity contribution in [1.29, 1.82) is 0 Å². The summed E-state index contributed by atoms with van der Waals surface area (Å²) >= 11 is 0. The summed E-state index contributed by atoms with van der Waals surface area (Å²) in [4.78, 5) is 17.9. The molecule has 1 N–H and O–H groups in total. The number of carboxylic acids is 1. The highest BCUT2D eigenvalue weighted by atomic mass is 16.4. The monoisotopic (exact) mass is 314 g/mol. The number of aromatic nitrogens is 1. The molecule has 1 aliphatic rings. The predicted octanol–water partition coefficient (Wildman–Crippen LogP) is 3.42. The summed E-state index contributed by atoms with van der Waals surface area (Å²) in [6.07, 6.45) is 3.10. The van der Waals surface area contributed by atoms with Gasteiger partial charge in [-0.3, -0.25) is 9.69 Å². The van der Waals surface area contributed by atoms with E-state index in [-0.39, 0.29) is 18.0 Å². The molecular formula is C18H22N2O3. The number of benzene rings is 1. The second-order valence-electron chi connectivity index (χ2n) is 6.36. The number of carboxylic acid groups (broad SMARTS) is 1. The van der Waals surface area contributed by atoms with Gasteiger partial charge in [0.2, 0.25) is 5.89 Å². The van der Waals surface area contributed by atoms with Crippen LogP contribution in [0.3, 0.4) is 0 Å². The largest absolute Gasteiger partial charge is 0.481 e. The summed E-state index contributed by atoms with van der Waals surface area (Å²) in [6.45, 7) is 4.76. The number of rotatable bonds is 4. The van der Waals surface area contributed by atoms with Crippen molar-refractivity contribution in [3.63, 3.8) is 0 Å². The molecule has 1 aliphatic heterocycles. The molecule has 0 bridgehead atoms. The fourth-order valence-corrected chi connectivity index (χ4v) is 3.41. The molecule has 1 fully saturated rings. The third-order valence-corrected chi connectivity index (χ3v) is 4.66. The maximum absolute atomic E-state index is 11.2. The molecule has 1 aromatic carbocycles. The molecule has 0 saturated carbocycles. The van der Waals surface area contributed by atoms with E-state index in [9.17, 15) is 9.90 Å². The molecule has 122 valence electrons. The number of nitrogens with zero attached hydrogens (tertiary/aromatic N) is 2. The average Bonchev–Trinajstić information content (AvgIpc) is 3.00. The minimum atomic E-state index is -0.689. The van der Waals surface area contributed by atoms with E-state index in [2.05, 4.69) is 23.7 Å². The maximum atomic E-state index is 11.2. The smallest absolute Gasteiger partial charge is 0.306 e. The Morgan fingerprint density at radius 2 is 1.91 bits per heavy atom. The van der Waals surface area contributed by atoms with Gasteiger partial charge in [-0.1, -0.05) is 30.3 Å². The van der Waals surface area contributed by atoms with E-state index in [1.807, 2.05) is 30.3 Å². The summed E-state index contributed by atoms with van der Waals surface area (Å²) < 4.78 is 5.87. The SMILES string of the molecule is CC1CC(C(=O)O)CC(C)N1Cc1ncc(-c2ccccc2)o1. The lowest BCUT2D eigenvalue weighted by Crippen LogP contribution is -2.47. The average molecular weight is 314 g/mol. The van der Waals surface area contributed by atoms with Crippen LogP contribution in [-0.4, -0.2) is 33.0 Å². The van der Waals surface area contributed by atoms with Crippen molar-refractivity contribution in [2.45, 2.75) is 45.3 Å². The molecule has 0 aliphatic carbocycles. The van der Waals surface area contributed by atoms with Crippen LogP contribution in [0.4, 0.5) is 0 Å². The zero-order valence-corrected chi connectivity index (χ0v) is 13.5. The molecular weight excluding hydrogens is 292 g/mol. The molecule has 2 aromatic rings. The highest BCUT2D eigenvalue weighted by Crippen LogP contribution is 2.30. The van der Waals surface area contributed by atoms with Gasteiger partial charge >= 0.3 is 5.97 Å². The summed E-state index contributed by atoms with van der Waals surface area (Å²) in [5.74, 6) is 0.504. The summed E-state index contributed by atoms with van der Waals surface area (Å²) in [5, 5.41) is 9.23. The van der Waals surface area contributed by atoms with E-state index in [1.165, 1.54) is 0 Å². The number of hydrogen-bond donors (Lipinski definition) is 1. The number of aliphatic carboxylic acids is 1. The van der Waals surface area contributed by atoms with Crippen molar-refractivity contribution < 1.29 is 14.3 Å². The third kappa shape index (κ3) is 3.45. The van der Waals surface area contributed by atoms with Crippen LogP contribution in [0.1, 0.15) is 32.6 Å². The van der Waals surface area contributed by atoms with Gasteiger partial charge in [0.25, 0.3) is 0 Å². The van der Waals surface area contributed by atoms with Crippen LogP contribution >= 0.6 is 0 Å². The molecule has 1 aromatic heterocycles.